The molecule has 0 aromatic rings. The molecule has 1 aliphatic rings. The van der Waals surface area contributed by atoms with Gasteiger partial charge in [0.1, 0.15) is 0 Å². The van der Waals surface area contributed by atoms with E-state index in [2.05, 4.69) is 39.9 Å². The second kappa shape index (κ2) is 7.15. The standard InChI is InChI=1S/C15H29NO2/c1-6-16-13(12-9-8-10-17-11-12)14(18-7-2)15(3,4)5/h11,13-14,16H,6-10H2,1-5H3. The van der Waals surface area contributed by atoms with Gasteiger partial charge in [-0.2, -0.15) is 0 Å². The van der Waals surface area contributed by atoms with Crippen molar-refractivity contribution in [3.05, 3.63) is 11.8 Å². The van der Waals surface area contributed by atoms with Crippen LogP contribution < -0.4 is 5.32 Å². The Hall–Kier alpha value is -0.540. The molecule has 0 bridgehead atoms. The number of nitrogens with one attached hydrogen (secondary N) is 1. The van der Waals surface area contributed by atoms with Gasteiger partial charge in [-0.1, -0.05) is 27.7 Å². The predicted molar refractivity (Wildman–Crippen MR) is 75.6 cm³/mol. The Bertz CT molecular complexity index is 268. The SMILES string of the molecule is CCNC(C1=COCCC1)C(OCC)C(C)(C)C. The van der Waals surface area contributed by atoms with Crippen molar-refractivity contribution in [2.24, 2.45) is 5.41 Å². The molecule has 2 atom stereocenters. The molecule has 0 amide bonds. The number of ether oxygens (including phenoxy) is 2. The molecule has 0 spiro atoms. The van der Waals surface area contributed by atoms with Crippen LogP contribution in [0, 0.1) is 5.41 Å². The fraction of sp³-hybridized carbons (Fsp3) is 0.867. The van der Waals surface area contributed by atoms with Gasteiger partial charge in [-0.25, -0.2) is 0 Å². The average molecular weight is 255 g/mol. The van der Waals surface area contributed by atoms with E-state index in [0.717, 1.165) is 32.6 Å². The third kappa shape index (κ3) is 4.29. The molecule has 18 heavy (non-hydrogen) atoms. The van der Waals surface area contributed by atoms with Crippen LogP contribution in [0.1, 0.15) is 47.5 Å². The fourth-order valence-corrected chi connectivity index (χ4v) is 2.49. The first kappa shape index (κ1) is 15.5. The Morgan fingerprint density at radius 2 is 2.11 bits per heavy atom. The minimum Gasteiger partial charge on any atom is -0.501 e. The van der Waals surface area contributed by atoms with Gasteiger partial charge >= 0.3 is 0 Å². The lowest BCUT2D eigenvalue weighted by atomic mass is 9.81. The molecule has 1 aliphatic heterocycles. The molecule has 3 nitrogen and oxygen atoms in total. The molecule has 1 rings (SSSR count). The maximum Gasteiger partial charge on any atom is 0.0876 e. The zero-order valence-corrected chi connectivity index (χ0v) is 12.6. The van der Waals surface area contributed by atoms with Crippen LogP contribution in [0.15, 0.2) is 11.8 Å². The normalized spacial score (nSPS) is 19.9. The Kier molecular flexibility index (Phi) is 6.16. The van der Waals surface area contributed by atoms with Crippen LogP contribution in [0.2, 0.25) is 0 Å². The molecule has 0 saturated heterocycles. The maximum absolute atomic E-state index is 6.02. The summed E-state index contributed by atoms with van der Waals surface area (Å²) in [6, 6.07) is 0.259. The molecular weight excluding hydrogens is 226 g/mol. The summed E-state index contributed by atoms with van der Waals surface area (Å²) in [5.41, 5.74) is 1.46. The largest absolute Gasteiger partial charge is 0.501 e. The maximum atomic E-state index is 6.02. The molecule has 0 fully saturated rings. The molecule has 1 N–H and O–H groups in total. The van der Waals surface area contributed by atoms with Gasteiger partial charge in [0, 0.05) is 6.61 Å². The monoisotopic (exact) mass is 255 g/mol. The zero-order chi connectivity index (χ0) is 13.6. The number of hydrogen-bond acceptors (Lipinski definition) is 3. The molecule has 2 unspecified atom stereocenters. The molecule has 0 radical (unpaired) electrons. The fourth-order valence-electron chi connectivity index (χ4n) is 2.49. The highest BCUT2D eigenvalue weighted by Gasteiger charge is 2.35. The second-order valence-electron chi connectivity index (χ2n) is 5.94. The van der Waals surface area contributed by atoms with Crippen LogP contribution in [-0.2, 0) is 9.47 Å². The van der Waals surface area contributed by atoms with Crippen LogP contribution in [-0.4, -0.2) is 31.9 Å². The first-order valence-corrected chi connectivity index (χ1v) is 7.16. The topological polar surface area (TPSA) is 30.5 Å². The highest BCUT2D eigenvalue weighted by molar-refractivity contribution is 5.14. The first-order valence-electron chi connectivity index (χ1n) is 7.16. The molecule has 0 aliphatic carbocycles. The van der Waals surface area contributed by atoms with Gasteiger partial charge in [-0.3, -0.25) is 0 Å². The van der Waals surface area contributed by atoms with Gasteiger partial charge in [-0.05, 0) is 37.3 Å². The zero-order valence-electron chi connectivity index (χ0n) is 12.6. The van der Waals surface area contributed by atoms with E-state index in [1.54, 1.807) is 0 Å². The van der Waals surface area contributed by atoms with Crippen molar-refractivity contribution in [3.63, 3.8) is 0 Å². The van der Waals surface area contributed by atoms with E-state index in [1.807, 2.05) is 6.26 Å². The van der Waals surface area contributed by atoms with Crippen LogP contribution >= 0.6 is 0 Å². The van der Waals surface area contributed by atoms with Crippen LogP contribution in [0.4, 0.5) is 0 Å². The summed E-state index contributed by atoms with van der Waals surface area (Å²) in [4.78, 5) is 0. The van der Waals surface area contributed by atoms with Crippen molar-refractivity contribution in [2.75, 3.05) is 19.8 Å². The van der Waals surface area contributed by atoms with Crippen molar-refractivity contribution in [1.29, 1.82) is 0 Å². The van der Waals surface area contributed by atoms with E-state index in [4.69, 9.17) is 9.47 Å². The number of rotatable bonds is 6. The predicted octanol–water partition coefficient (Wildman–Crippen LogP) is 3.11. The lowest BCUT2D eigenvalue weighted by molar-refractivity contribution is -0.0295. The molecule has 0 saturated carbocycles. The summed E-state index contributed by atoms with van der Waals surface area (Å²) in [5.74, 6) is 0. The molecule has 3 heteroatoms. The van der Waals surface area contributed by atoms with Crippen molar-refractivity contribution in [3.8, 4) is 0 Å². The van der Waals surface area contributed by atoms with E-state index in [9.17, 15) is 0 Å². The van der Waals surface area contributed by atoms with Crippen LogP contribution in [0.3, 0.4) is 0 Å². The van der Waals surface area contributed by atoms with Crippen LogP contribution in [0.5, 0.6) is 0 Å². The van der Waals surface area contributed by atoms with E-state index in [0.29, 0.717) is 0 Å². The molecule has 106 valence electrons. The van der Waals surface area contributed by atoms with Gasteiger partial charge in [0.15, 0.2) is 0 Å². The van der Waals surface area contributed by atoms with E-state index < -0.39 is 0 Å². The minimum atomic E-state index is 0.112. The van der Waals surface area contributed by atoms with Gasteiger partial charge in [0.2, 0.25) is 0 Å². The summed E-state index contributed by atoms with van der Waals surface area (Å²) in [5, 5.41) is 3.57. The van der Waals surface area contributed by atoms with Gasteiger partial charge in [-0.15, -0.1) is 0 Å². The quantitative estimate of drug-likeness (QED) is 0.791. The number of hydrogen-bond donors (Lipinski definition) is 1. The first-order chi connectivity index (χ1) is 8.50. The van der Waals surface area contributed by atoms with Gasteiger partial charge < -0.3 is 14.8 Å². The molecule has 1 heterocycles. The van der Waals surface area contributed by atoms with Crippen molar-refractivity contribution < 1.29 is 9.47 Å². The van der Waals surface area contributed by atoms with Crippen molar-refractivity contribution in [1.82, 2.24) is 5.32 Å². The lowest BCUT2D eigenvalue weighted by Crippen LogP contribution is -2.49. The lowest BCUT2D eigenvalue weighted by Gasteiger charge is -2.39. The van der Waals surface area contributed by atoms with Crippen molar-refractivity contribution >= 4 is 0 Å². The van der Waals surface area contributed by atoms with E-state index in [-0.39, 0.29) is 17.6 Å². The molecule has 0 aromatic heterocycles. The smallest absolute Gasteiger partial charge is 0.0876 e. The summed E-state index contributed by atoms with van der Waals surface area (Å²) >= 11 is 0. The number of likely N-dealkylation sites (N-methyl/N-ethyl adjacent to an activating group) is 1. The Balaban J connectivity index is 2.88. The molecular formula is C15H29NO2. The van der Waals surface area contributed by atoms with Gasteiger partial charge in [0.05, 0.1) is 25.0 Å². The summed E-state index contributed by atoms with van der Waals surface area (Å²) < 4.78 is 11.5. The minimum absolute atomic E-state index is 0.112. The summed E-state index contributed by atoms with van der Waals surface area (Å²) in [6.45, 7) is 13.5. The highest BCUT2D eigenvalue weighted by Crippen LogP contribution is 2.30. The Morgan fingerprint density at radius 3 is 2.56 bits per heavy atom. The van der Waals surface area contributed by atoms with Crippen LogP contribution in [0.25, 0.3) is 0 Å². The summed E-state index contributed by atoms with van der Waals surface area (Å²) in [7, 11) is 0. The average Bonchev–Trinajstić information content (AvgIpc) is 2.33. The van der Waals surface area contributed by atoms with E-state index in [1.165, 1.54) is 5.57 Å². The Labute approximate surface area is 112 Å². The molecule has 0 aromatic carbocycles. The highest BCUT2D eigenvalue weighted by atomic mass is 16.5. The third-order valence-corrected chi connectivity index (χ3v) is 3.29. The summed E-state index contributed by atoms with van der Waals surface area (Å²) in [6.07, 6.45) is 4.33. The second-order valence-corrected chi connectivity index (χ2v) is 5.94. The van der Waals surface area contributed by atoms with Gasteiger partial charge in [0.25, 0.3) is 0 Å². The third-order valence-electron chi connectivity index (χ3n) is 3.29. The van der Waals surface area contributed by atoms with Crippen molar-refractivity contribution in [2.45, 2.75) is 59.6 Å². The van der Waals surface area contributed by atoms with E-state index >= 15 is 0 Å². The Morgan fingerprint density at radius 1 is 1.39 bits per heavy atom.